The molecule has 0 saturated heterocycles. The highest BCUT2D eigenvalue weighted by Crippen LogP contribution is 2.22. The Bertz CT molecular complexity index is 743. The van der Waals surface area contributed by atoms with Crippen molar-refractivity contribution in [3.8, 4) is 0 Å². The van der Waals surface area contributed by atoms with Gasteiger partial charge in [0, 0.05) is 17.8 Å². The Morgan fingerprint density at radius 3 is 2.79 bits per heavy atom. The number of hydrogen-bond donors (Lipinski definition) is 1. The van der Waals surface area contributed by atoms with Crippen LogP contribution in [0.1, 0.15) is 11.3 Å². The Hall–Kier alpha value is -1.63. The lowest BCUT2D eigenvalue weighted by molar-refractivity contribution is 0.691. The van der Waals surface area contributed by atoms with Crippen LogP contribution in [-0.4, -0.2) is 14.8 Å². The normalized spacial score (nSPS) is 11.1. The van der Waals surface area contributed by atoms with Crippen molar-refractivity contribution < 1.29 is 0 Å². The lowest BCUT2D eigenvalue weighted by atomic mass is 10.1. The molecule has 0 bridgehead atoms. The number of aryl methyl sites for hydroxylation is 1. The maximum absolute atomic E-state index is 6.07. The van der Waals surface area contributed by atoms with Crippen LogP contribution in [0.3, 0.4) is 0 Å². The second-order valence-corrected chi connectivity index (χ2v) is 5.54. The van der Waals surface area contributed by atoms with Gasteiger partial charge in [0.25, 0.3) is 0 Å². The molecule has 4 nitrogen and oxygen atoms in total. The van der Waals surface area contributed by atoms with E-state index in [1.807, 2.05) is 36.1 Å². The zero-order chi connectivity index (χ0) is 13.4. The largest absolute Gasteiger partial charge is 0.383 e. The molecule has 19 heavy (non-hydrogen) atoms. The second kappa shape index (κ2) is 4.80. The summed E-state index contributed by atoms with van der Waals surface area (Å²) in [4.78, 5) is 4.28. The van der Waals surface area contributed by atoms with Crippen molar-refractivity contribution >= 4 is 39.2 Å². The summed E-state index contributed by atoms with van der Waals surface area (Å²) in [5, 5.41) is 6.80. The van der Waals surface area contributed by atoms with Gasteiger partial charge < -0.3 is 5.73 Å². The SMILES string of the molecule is Cc1nn(Cc2cncc3ccccc23)c(N)c1I. The third kappa shape index (κ3) is 2.18. The van der Waals surface area contributed by atoms with E-state index in [1.165, 1.54) is 5.39 Å². The molecule has 0 aliphatic heterocycles. The van der Waals surface area contributed by atoms with Crippen molar-refractivity contribution in [1.82, 2.24) is 14.8 Å². The number of rotatable bonds is 2. The van der Waals surface area contributed by atoms with Gasteiger partial charge in [-0.1, -0.05) is 24.3 Å². The van der Waals surface area contributed by atoms with Crippen molar-refractivity contribution in [2.75, 3.05) is 5.73 Å². The predicted octanol–water partition coefficient (Wildman–Crippen LogP) is 2.97. The van der Waals surface area contributed by atoms with Crippen LogP contribution in [0.4, 0.5) is 5.82 Å². The first-order valence-electron chi connectivity index (χ1n) is 5.97. The van der Waals surface area contributed by atoms with Crippen LogP contribution < -0.4 is 5.73 Å². The van der Waals surface area contributed by atoms with Gasteiger partial charge in [0.2, 0.25) is 0 Å². The molecule has 0 aliphatic carbocycles. The van der Waals surface area contributed by atoms with E-state index < -0.39 is 0 Å². The molecule has 1 aromatic carbocycles. The molecular formula is C14H13IN4. The lowest BCUT2D eigenvalue weighted by Crippen LogP contribution is -2.07. The van der Waals surface area contributed by atoms with Gasteiger partial charge in [0.1, 0.15) is 5.82 Å². The number of nitrogens with zero attached hydrogens (tertiary/aromatic N) is 3. The summed E-state index contributed by atoms with van der Waals surface area (Å²) < 4.78 is 2.85. The number of benzene rings is 1. The lowest BCUT2D eigenvalue weighted by Gasteiger charge is -2.07. The number of nitrogen functional groups attached to an aromatic ring is 1. The van der Waals surface area contributed by atoms with E-state index in [9.17, 15) is 0 Å². The number of aromatic nitrogens is 3. The van der Waals surface area contributed by atoms with Crippen molar-refractivity contribution in [2.45, 2.75) is 13.5 Å². The molecule has 0 unspecified atom stereocenters. The summed E-state index contributed by atoms with van der Waals surface area (Å²) in [5.74, 6) is 0.714. The van der Waals surface area contributed by atoms with Gasteiger partial charge in [0.05, 0.1) is 15.8 Å². The molecule has 0 atom stereocenters. The van der Waals surface area contributed by atoms with Crippen LogP contribution in [0.15, 0.2) is 36.7 Å². The summed E-state index contributed by atoms with van der Waals surface area (Å²) in [7, 11) is 0. The van der Waals surface area contributed by atoms with Crippen LogP contribution in [0, 0.1) is 10.5 Å². The van der Waals surface area contributed by atoms with Crippen LogP contribution >= 0.6 is 22.6 Å². The standard InChI is InChI=1S/C14H13IN4/c1-9-13(15)14(16)19(18-9)8-11-7-17-6-10-4-2-3-5-12(10)11/h2-7H,8,16H2,1H3. The molecule has 0 amide bonds. The van der Waals surface area contributed by atoms with Gasteiger partial charge in [-0.3, -0.25) is 4.98 Å². The number of nitrogens with two attached hydrogens (primary N) is 1. The van der Waals surface area contributed by atoms with Crippen LogP contribution in [-0.2, 0) is 6.54 Å². The Balaban J connectivity index is 2.08. The zero-order valence-electron chi connectivity index (χ0n) is 10.5. The molecule has 0 spiro atoms. The van der Waals surface area contributed by atoms with Crippen LogP contribution in [0.2, 0.25) is 0 Å². The van der Waals surface area contributed by atoms with E-state index >= 15 is 0 Å². The zero-order valence-corrected chi connectivity index (χ0v) is 12.6. The van der Waals surface area contributed by atoms with Gasteiger partial charge in [-0.15, -0.1) is 0 Å². The second-order valence-electron chi connectivity index (χ2n) is 4.46. The Kier molecular flexibility index (Phi) is 3.14. The van der Waals surface area contributed by atoms with Crippen LogP contribution in [0.25, 0.3) is 10.8 Å². The van der Waals surface area contributed by atoms with E-state index in [-0.39, 0.29) is 0 Å². The molecule has 96 valence electrons. The number of anilines is 1. The van der Waals surface area contributed by atoms with E-state index in [1.54, 1.807) is 0 Å². The van der Waals surface area contributed by atoms with Gasteiger partial charge >= 0.3 is 0 Å². The molecule has 0 radical (unpaired) electrons. The topological polar surface area (TPSA) is 56.7 Å². The Labute approximate surface area is 124 Å². The average Bonchev–Trinajstić information content (AvgIpc) is 2.67. The minimum absolute atomic E-state index is 0.643. The molecule has 2 N–H and O–H groups in total. The maximum atomic E-state index is 6.07. The number of fused-ring (bicyclic) bond motifs is 1. The van der Waals surface area contributed by atoms with E-state index in [2.05, 4.69) is 44.8 Å². The third-order valence-corrected chi connectivity index (χ3v) is 4.50. The molecule has 5 heteroatoms. The maximum Gasteiger partial charge on any atom is 0.135 e. The minimum Gasteiger partial charge on any atom is -0.383 e. The van der Waals surface area contributed by atoms with Crippen molar-refractivity contribution in [3.05, 3.63) is 51.5 Å². The van der Waals surface area contributed by atoms with Crippen molar-refractivity contribution in [2.24, 2.45) is 0 Å². The van der Waals surface area contributed by atoms with Gasteiger partial charge in [-0.05, 0) is 40.5 Å². The highest BCUT2D eigenvalue weighted by molar-refractivity contribution is 14.1. The molecule has 2 aromatic heterocycles. The van der Waals surface area contributed by atoms with Crippen LogP contribution in [0.5, 0.6) is 0 Å². The first-order chi connectivity index (χ1) is 9.16. The number of hydrogen-bond acceptors (Lipinski definition) is 3. The first kappa shape index (κ1) is 12.4. The van der Waals surface area contributed by atoms with E-state index in [0.29, 0.717) is 12.4 Å². The molecule has 3 rings (SSSR count). The first-order valence-corrected chi connectivity index (χ1v) is 7.04. The molecule has 0 fully saturated rings. The Morgan fingerprint density at radius 2 is 2.05 bits per heavy atom. The van der Waals surface area contributed by atoms with E-state index in [0.717, 1.165) is 20.2 Å². The van der Waals surface area contributed by atoms with Gasteiger partial charge in [-0.25, -0.2) is 4.68 Å². The van der Waals surface area contributed by atoms with Crippen molar-refractivity contribution in [3.63, 3.8) is 0 Å². The fraction of sp³-hybridized carbons (Fsp3) is 0.143. The molecule has 0 saturated carbocycles. The minimum atomic E-state index is 0.643. The number of halogens is 1. The molecular weight excluding hydrogens is 351 g/mol. The summed E-state index contributed by atoms with van der Waals surface area (Å²) in [6, 6.07) is 8.22. The predicted molar refractivity (Wildman–Crippen MR) is 84.9 cm³/mol. The summed E-state index contributed by atoms with van der Waals surface area (Å²) in [5.41, 5.74) is 8.16. The fourth-order valence-corrected chi connectivity index (χ4v) is 2.55. The molecule has 0 aliphatic rings. The monoisotopic (exact) mass is 364 g/mol. The highest BCUT2D eigenvalue weighted by atomic mass is 127. The van der Waals surface area contributed by atoms with Gasteiger partial charge in [-0.2, -0.15) is 5.10 Å². The molecule has 3 aromatic rings. The molecule has 2 heterocycles. The quantitative estimate of drug-likeness (QED) is 0.712. The Morgan fingerprint density at radius 1 is 1.26 bits per heavy atom. The smallest absolute Gasteiger partial charge is 0.135 e. The highest BCUT2D eigenvalue weighted by Gasteiger charge is 2.11. The third-order valence-electron chi connectivity index (χ3n) is 3.16. The number of pyridine rings is 1. The average molecular weight is 364 g/mol. The summed E-state index contributed by atoms with van der Waals surface area (Å²) in [6.07, 6.45) is 3.76. The van der Waals surface area contributed by atoms with Gasteiger partial charge in [0.15, 0.2) is 0 Å². The summed E-state index contributed by atoms with van der Waals surface area (Å²) in [6.45, 7) is 2.61. The van der Waals surface area contributed by atoms with E-state index in [4.69, 9.17) is 5.73 Å². The summed E-state index contributed by atoms with van der Waals surface area (Å²) >= 11 is 2.23. The fourth-order valence-electron chi connectivity index (χ4n) is 2.16. The van der Waals surface area contributed by atoms with Crippen molar-refractivity contribution in [1.29, 1.82) is 0 Å².